The van der Waals surface area contributed by atoms with E-state index in [1.165, 1.54) is 6.07 Å². The van der Waals surface area contributed by atoms with Crippen LogP contribution < -0.4 is 10.1 Å². The summed E-state index contributed by atoms with van der Waals surface area (Å²) in [5, 5.41) is 19.0. The van der Waals surface area contributed by atoms with Crippen molar-refractivity contribution in [2.75, 3.05) is 5.32 Å². The number of anilines is 1. The molecule has 8 nitrogen and oxygen atoms in total. The highest BCUT2D eigenvalue weighted by atomic mass is 35.5. The van der Waals surface area contributed by atoms with Crippen LogP contribution in [0.25, 0.3) is 5.69 Å². The fourth-order valence-electron chi connectivity index (χ4n) is 3.44. The van der Waals surface area contributed by atoms with Crippen LogP contribution in [-0.2, 0) is 6.61 Å². The summed E-state index contributed by atoms with van der Waals surface area (Å²) in [5.74, 6) is 0.231. The monoisotopic (exact) mass is 476 g/mol. The number of amides is 1. The molecule has 1 aromatic heterocycles. The Morgan fingerprint density at radius 1 is 1.06 bits per heavy atom. The number of aryl methyl sites for hydroxylation is 1. The molecule has 0 saturated heterocycles. The molecule has 3 aromatic carbocycles. The number of carbonyl (C=O) groups is 1. The van der Waals surface area contributed by atoms with Gasteiger partial charge in [-0.2, -0.15) is 5.10 Å². The van der Waals surface area contributed by atoms with E-state index in [9.17, 15) is 14.9 Å². The van der Waals surface area contributed by atoms with Crippen LogP contribution in [-0.4, -0.2) is 20.6 Å². The summed E-state index contributed by atoms with van der Waals surface area (Å²) in [5.41, 5.74) is 4.01. The predicted octanol–water partition coefficient (Wildman–Crippen LogP) is 5.88. The van der Waals surface area contributed by atoms with Crippen LogP contribution in [0.1, 0.15) is 27.3 Å². The quantitative estimate of drug-likeness (QED) is 0.265. The summed E-state index contributed by atoms with van der Waals surface area (Å²) in [4.78, 5) is 23.3. The Balaban J connectivity index is 1.38. The first kappa shape index (κ1) is 23.0. The summed E-state index contributed by atoms with van der Waals surface area (Å²) < 4.78 is 7.41. The summed E-state index contributed by atoms with van der Waals surface area (Å²) in [6.45, 7) is 3.80. The normalized spacial score (nSPS) is 10.7. The van der Waals surface area contributed by atoms with Gasteiger partial charge in [0.25, 0.3) is 11.6 Å². The van der Waals surface area contributed by atoms with Crippen molar-refractivity contribution in [3.8, 4) is 11.4 Å². The Bertz CT molecular complexity index is 1350. The van der Waals surface area contributed by atoms with Gasteiger partial charge < -0.3 is 10.1 Å². The second-order valence-corrected chi connectivity index (χ2v) is 7.97. The zero-order valence-electron chi connectivity index (χ0n) is 18.5. The average Bonchev–Trinajstić information content (AvgIpc) is 3.11. The minimum atomic E-state index is -0.439. The SMILES string of the molecule is Cc1nn(-c2ccc(NC(=O)c3ccc(OCc4ccccc4[N+](=O)[O-])cc3)cc2)c(C)c1Cl. The van der Waals surface area contributed by atoms with Gasteiger partial charge in [0.05, 0.1) is 32.6 Å². The molecule has 0 unspecified atom stereocenters. The van der Waals surface area contributed by atoms with Crippen molar-refractivity contribution in [1.29, 1.82) is 0 Å². The molecule has 0 saturated carbocycles. The number of hydrogen-bond acceptors (Lipinski definition) is 5. The van der Waals surface area contributed by atoms with Gasteiger partial charge in [0.15, 0.2) is 0 Å². The van der Waals surface area contributed by atoms with Crippen molar-refractivity contribution in [3.63, 3.8) is 0 Å². The Hall–Kier alpha value is -4.17. The minimum absolute atomic E-state index is 0.00506. The number of halogens is 1. The number of para-hydroxylation sites is 1. The number of nitro groups is 1. The molecular formula is C25H21ClN4O4. The van der Waals surface area contributed by atoms with Gasteiger partial charge in [0.2, 0.25) is 0 Å². The fourth-order valence-corrected chi connectivity index (χ4v) is 3.56. The molecule has 34 heavy (non-hydrogen) atoms. The summed E-state index contributed by atoms with van der Waals surface area (Å²) >= 11 is 6.22. The van der Waals surface area contributed by atoms with Crippen LogP contribution in [0.5, 0.6) is 5.75 Å². The van der Waals surface area contributed by atoms with E-state index >= 15 is 0 Å². The lowest BCUT2D eigenvalue weighted by Crippen LogP contribution is -2.12. The molecule has 0 spiro atoms. The maximum absolute atomic E-state index is 12.6. The van der Waals surface area contributed by atoms with Crippen LogP contribution >= 0.6 is 11.6 Å². The Labute approximate surface area is 200 Å². The molecule has 0 aliphatic rings. The molecule has 1 amide bonds. The standard InChI is InChI=1S/C25H21ClN4O4/c1-16-24(26)17(2)29(28-16)21-11-9-20(10-12-21)27-25(31)18-7-13-22(14-8-18)34-15-19-5-3-4-6-23(19)30(32)33/h3-14H,15H2,1-2H3,(H,27,31). The van der Waals surface area contributed by atoms with Gasteiger partial charge in [-0.15, -0.1) is 0 Å². The second-order valence-electron chi connectivity index (χ2n) is 7.60. The zero-order valence-corrected chi connectivity index (χ0v) is 19.2. The second kappa shape index (κ2) is 9.76. The molecule has 0 radical (unpaired) electrons. The number of carbonyl (C=O) groups excluding carboxylic acids is 1. The highest BCUT2D eigenvalue weighted by Gasteiger charge is 2.14. The van der Waals surface area contributed by atoms with Crippen molar-refractivity contribution in [1.82, 2.24) is 9.78 Å². The van der Waals surface area contributed by atoms with Crippen LogP contribution in [0.3, 0.4) is 0 Å². The highest BCUT2D eigenvalue weighted by Crippen LogP contribution is 2.24. The molecule has 0 bridgehead atoms. The van der Waals surface area contributed by atoms with E-state index in [1.54, 1.807) is 59.3 Å². The van der Waals surface area contributed by atoms with E-state index in [2.05, 4.69) is 10.4 Å². The largest absolute Gasteiger partial charge is 0.489 e. The number of benzene rings is 3. The number of rotatable bonds is 7. The van der Waals surface area contributed by atoms with Crippen LogP contribution in [0.15, 0.2) is 72.8 Å². The molecule has 0 aliphatic carbocycles. The number of nitro benzene ring substituents is 1. The maximum atomic E-state index is 12.6. The van der Waals surface area contributed by atoms with E-state index in [0.717, 1.165) is 17.1 Å². The number of nitrogens with zero attached hydrogens (tertiary/aromatic N) is 3. The predicted molar refractivity (Wildman–Crippen MR) is 130 cm³/mol. The topological polar surface area (TPSA) is 99.3 Å². The fraction of sp³-hybridized carbons (Fsp3) is 0.120. The number of aromatic nitrogens is 2. The van der Waals surface area contributed by atoms with Crippen molar-refractivity contribution < 1.29 is 14.5 Å². The van der Waals surface area contributed by atoms with E-state index in [1.807, 2.05) is 26.0 Å². The van der Waals surface area contributed by atoms with E-state index < -0.39 is 4.92 Å². The van der Waals surface area contributed by atoms with Crippen LogP contribution in [0, 0.1) is 24.0 Å². The first-order chi connectivity index (χ1) is 16.3. The van der Waals surface area contributed by atoms with Gasteiger partial charge in [-0.3, -0.25) is 14.9 Å². The highest BCUT2D eigenvalue weighted by molar-refractivity contribution is 6.31. The van der Waals surface area contributed by atoms with Crippen molar-refractivity contribution >= 4 is 28.9 Å². The van der Waals surface area contributed by atoms with Gasteiger partial charge >= 0.3 is 0 Å². The third kappa shape index (κ3) is 4.92. The maximum Gasteiger partial charge on any atom is 0.276 e. The third-order valence-corrected chi connectivity index (χ3v) is 5.82. The minimum Gasteiger partial charge on any atom is -0.489 e. The molecule has 0 aliphatic heterocycles. The van der Waals surface area contributed by atoms with Crippen LogP contribution in [0.2, 0.25) is 5.02 Å². The van der Waals surface area contributed by atoms with Gasteiger partial charge in [-0.25, -0.2) is 4.68 Å². The molecule has 0 fully saturated rings. The van der Waals surface area contributed by atoms with E-state index in [-0.39, 0.29) is 18.2 Å². The summed E-state index contributed by atoms with van der Waals surface area (Å²) in [6, 6.07) is 20.3. The summed E-state index contributed by atoms with van der Waals surface area (Å²) in [7, 11) is 0. The molecule has 172 valence electrons. The lowest BCUT2D eigenvalue weighted by atomic mass is 10.2. The lowest BCUT2D eigenvalue weighted by Gasteiger charge is -2.09. The first-order valence-electron chi connectivity index (χ1n) is 10.4. The lowest BCUT2D eigenvalue weighted by molar-refractivity contribution is -0.385. The van der Waals surface area contributed by atoms with Gasteiger partial charge in [-0.05, 0) is 68.4 Å². The zero-order chi connectivity index (χ0) is 24.2. The van der Waals surface area contributed by atoms with E-state index in [0.29, 0.717) is 27.6 Å². The van der Waals surface area contributed by atoms with Gasteiger partial charge in [0, 0.05) is 17.3 Å². The molecule has 4 aromatic rings. The number of nitrogens with one attached hydrogen (secondary N) is 1. The number of hydrogen-bond donors (Lipinski definition) is 1. The molecule has 4 rings (SSSR count). The molecule has 9 heteroatoms. The first-order valence-corrected chi connectivity index (χ1v) is 10.8. The summed E-state index contributed by atoms with van der Waals surface area (Å²) in [6.07, 6.45) is 0. The molecule has 1 N–H and O–H groups in total. The van der Waals surface area contributed by atoms with Crippen LogP contribution in [0.4, 0.5) is 11.4 Å². The molecule has 1 heterocycles. The van der Waals surface area contributed by atoms with E-state index in [4.69, 9.17) is 16.3 Å². The Morgan fingerprint density at radius 2 is 1.74 bits per heavy atom. The average molecular weight is 477 g/mol. The van der Waals surface area contributed by atoms with Gasteiger partial charge in [-0.1, -0.05) is 23.7 Å². The molecular weight excluding hydrogens is 456 g/mol. The number of ether oxygens (including phenoxy) is 1. The Kier molecular flexibility index (Phi) is 6.60. The van der Waals surface area contributed by atoms with Gasteiger partial charge in [0.1, 0.15) is 12.4 Å². The molecule has 0 atom stereocenters. The third-order valence-electron chi connectivity index (χ3n) is 5.27. The smallest absolute Gasteiger partial charge is 0.276 e. The van der Waals surface area contributed by atoms with Crippen molar-refractivity contribution in [2.45, 2.75) is 20.5 Å². The van der Waals surface area contributed by atoms with Crippen molar-refractivity contribution in [3.05, 3.63) is 110 Å². The van der Waals surface area contributed by atoms with Crippen molar-refractivity contribution in [2.24, 2.45) is 0 Å². The Morgan fingerprint density at radius 3 is 2.35 bits per heavy atom.